The summed E-state index contributed by atoms with van der Waals surface area (Å²) in [5, 5.41) is 17.2. The molecule has 1 fully saturated rings. The molecular formula is C7HClN6O3. The van der Waals surface area contributed by atoms with Gasteiger partial charge in [-0.3, -0.25) is 10.1 Å². The fourth-order valence-electron chi connectivity index (χ4n) is 1.38. The van der Waals surface area contributed by atoms with Crippen molar-refractivity contribution in [1.82, 2.24) is 15.1 Å². The van der Waals surface area contributed by atoms with E-state index in [4.69, 9.17) is 22.1 Å². The second kappa shape index (κ2) is 3.17. The lowest BCUT2D eigenvalue weighted by molar-refractivity contribution is -0.120. The van der Waals surface area contributed by atoms with Gasteiger partial charge in [0.05, 0.1) is 0 Å². The molecular weight excluding hydrogens is 252 g/mol. The molecule has 2 heterocycles. The number of hydrogen-bond acceptors (Lipinski definition) is 5. The molecule has 17 heavy (non-hydrogen) atoms. The van der Waals surface area contributed by atoms with Crippen LogP contribution in [0.4, 0.5) is 9.59 Å². The Bertz CT molecular complexity index is 571. The molecule has 5 amide bonds. The second-order valence-electron chi connectivity index (χ2n) is 2.97. The first-order valence-electron chi connectivity index (χ1n) is 4.04. The van der Waals surface area contributed by atoms with E-state index >= 15 is 0 Å². The van der Waals surface area contributed by atoms with Crippen LogP contribution in [-0.4, -0.2) is 38.6 Å². The van der Waals surface area contributed by atoms with Crippen LogP contribution < -0.4 is 5.32 Å². The zero-order chi connectivity index (χ0) is 12.8. The average Bonchev–Trinajstić information content (AvgIpc) is 2.55. The van der Waals surface area contributed by atoms with Crippen LogP contribution in [0, 0.1) is 22.9 Å². The molecule has 0 aromatic carbocycles. The van der Waals surface area contributed by atoms with E-state index in [1.165, 1.54) is 12.4 Å². The number of nitrogens with zero attached hydrogens (tertiary/aromatic N) is 5. The van der Waals surface area contributed by atoms with Crippen molar-refractivity contribution in [2.24, 2.45) is 4.99 Å². The van der Waals surface area contributed by atoms with Crippen LogP contribution in [0.15, 0.2) is 4.99 Å². The zero-order valence-corrected chi connectivity index (χ0v) is 8.59. The number of urea groups is 2. The quantitative estimate of drug-likeness (QED) is 0.345. The van der Waals surface area contributed by atoms with E-state index < -0.39 is 28.8 Å². The highest BCUT2D eigenvalue weighted by Crippen LogP contribution is 2.30. The van der Waals surface area contributed by atoms with Crippen molar-refractivity contribution in [3.05, 3.63) is 0 Å². The molecule has 1 atom stereocenters. The normalized spacial score (nSPS) is 27.0. The molecule has 0 aliphatic carbocycles. The van der Waals surface area contributed by atoms with Gasteiger partial charge in [0.1, 0.15) is 0 Å². The average molecular weight is 253 g/mol. The van der Waals surface area contributed by atoms with Crippen LogP contribution in [0.3, 0.4) is 0 Å². The molecule has 2 rings (SSSR count). The Morgan fingerprint density at radius 2 is 1.94 bits per heavy atom. The molecule has 84 valence electrons. The fourth-order valence-corrected chi connectivity index (χ4v) is 1.69. The molecule has 2 aliphatic rings. The number of halogens is 1. The van der Waals surface area contributed by atoms with Crippen molar-refractivity contribution in [2.75, 3.05) is 0 Å². The Morgan fingerprint density at radius 1 is 1.29 bits per heavy atom. The molecule has 0 aromatic heterocycles. The zero-order valence-electron chi connectivity index (χ0n) is 7.84. The van der Waals surface area contributed by atoms with Gasteiger partial charge in [-0.25, -0.2) is 9.59 Å². The van der Waals surface area contributed by atoms with Gasteiger partial charge in [-0.2, -0.15) is 25.3 Å². The summed E-state index contributed by atoms with van der Waals surface area (Å²) in [6.07, 6.45) is 2.66. The van der Waals surface area contributed by atoms with Crippen molar-refractivity contribution < 1.29 is 14.4 Å². The third kappa shape index (κ3) is 1.17. The maximum atomic E-state index is 11.6. The topological polar surface area (TPSA) is 130 Å². The number of fused-ring (bicyclic) bond motifs is 1. The van der Waals surface area contributed by atoms with Gasteiger partial charge in [-0.1, -0.05) is 11.6 Å². The van der Waals surface area contributed by atoms with Crippen molar-refractivity contribution in [3.63, 3.8) is 0 Å². The van der Waals surface area contributed by atoms with Gasteiger partial charge in [-0.05, 0) is 0 Å². The first-order valence-corrected chi connectivity index (χ1v) is 4.42. The monoisotopic (exact) mass is 252 g/mol. The third-order valence-corrected chi connectivity index (χ3v) is 2.54. The van der Waals surface area contributed by atoms with Crippen molar-refractivity contribution >= 4 is 35.3 Å². The van der Waals surface area contributed by atoms with Crippen LogP contribution in [0.2, 0.25) is 0 Å². The summed E-state index contributed by atoms with van der Waals surface area (Å²) >= 11 is 5.81. The van der Waals surface area contributed by atoms with Crippen LogP contribution in [-0.2, 0) is 4.79 Å². The largest absolute Gasteiger partial charge is 0.357 e. The summed E-state index contributed by atoms with van der Waals surface area (Å²) in [7, 11) is 0. The van der Waals surface area contributed by atoms with Gasteiger partial charge in [0.25, 0.3) is 11.0 Å². The molecule has 0 radical (unpaired) electrons. The van der Waals surface area contributed by atoms with Gasteiger partial charge in [0.15, 0.2) is 18.1 Å². The number of carbonyl (C=O) groups excluding carboxylic acids is 3. The van der Waals surface area contributed by atoms with E-state index in [1.54, 1.807) is 0 Å². The van der Waals surface area contributed by atoms with Gasteiger partial charge in [0.2, 0.25) is 0 Å². The first kappa shape index (κ1) is 10.9. The molecule has 0 bridgehead atoms. The van der Waals surface area contributed by atoms with Crippen LogP contribution in [0.25, 0.3) is 0 Å². The molecule has 0 saturated carbocycles. The molecule has 1 unspecified atom stereocenters. The summed E-state index contributed by atoms with van der Waals surface area (Å²) in [5.74, 6) is -1.14. The predicted octanol–water partition coefficient (Wildman–Crippen LogP) is -0.730. The van der Waals surface area contributed by atoms with Gasteiger partial charge in [-0.15, -0.1) is 0 Å². The van der Waals surface area contributed by atoms with E-state index in [9.17, 15) is 14.4 Å². The lowest BCUT2D eigenvalue weighted by Gasteiger charge is -2.35. The molecule has 1 N–H and O–H groups in total. The standard InChI is InChI=1S/C7HClN6O3/c8-7-3(11-5(16)12-7)4(15)13(1-9)6(17)14(7)2-10/h(H,12,16). The first-order chi connectivity index (χ1) is 7.95. The van der Waals surface area contributed by atoms with Crippen molar-refractivity contribution in [1.29, 1.82) is 10.5 Å². The minimum absolute atomic E-state index is 0.0863. The Labute approximate surface area is 98.5 Å². The Balaban J connectivity index is 2.62. The summed E-state index contributed by atoms with van der Waals surface area (Å²) in [5.41, 5.74) is -0.591. The lowest BCUT2D eigenvalue weighted by atomic mass is 10.2. The van der Waals surface area contributed by atoms with Gasteiger partial charge >= 0.3 is 12.1 Å². The number of alkyl halides is 1. The lowest BCUT2D eigenvalue weighted by Crippen LogP contribution is -2.68. The number of amides is 5. The Kier molecular flexibility index (Phi) is 2.02. The number of imide groups is 1. The highest BCUT2D eigenvalue weighted by molar-refractivity contribution is 6.59. The van der Waals surface area contributed by atoms with E-state index in [-0.39, 0.29) is 9.80 Å². The number of carbonyl (C=O) groups is 3. The molecule has 0 spiro atoms. The van der Waals surface area contributed by atoms with Crippen molar-refractivity contribution in [2.45, 2.75) is 5.12 Å². The summed E-state index contributed by atoms with van der Waals surface area (Å²) in [6.45, 7) is 0. The summed E-state index contributed by atoms with van der Waals surface area (Å²) in [6, 6.07) is -2.23. The Hall–Kier alpha value is -2.65. The second-order valence-corrected chi connectivity index (χ2v) is 3.52. The molecule has 10 heteroatoms. The number of nitrogens with one attached hydrogen (secondary N) is 1. The maximum absolute atomic E-state index is 11.6. The van der Waals surface area contributed by atoms with Crippen molar-refractivity contribution in [3.8, 4) is 12.4 Å². The molecule has 0 aromatic rings. The third-order valence-electron chi connectivity index (χ3n) is 2.10. The maximum Gasteiger partial charge on any atom is 0.357 e. The predicted molar refractivity (Wildman–Crippen MR) is 49.9 cm³/mol. The molecule has 2 aliphatic heterocycles. The van der Waals surface area contributed by atoms with E-state index in [0.717, 1.165) is 0 Å². The minimum Gasteiger partial charge on any atom is -0.294 e. The number of hydrogen-bond donors (Lipinski definition) is 1. The van der Waals surface area contributed by atoms with Crippen LogP contribution in [0.5, 0.6) is 0 Å². The van der Waals surface area contributed by atoms with Crippen LogP contribution in [0.1, 0.15) is 0 Å². The van der Waals surface area contributed by atoms with E-state index in [0.29, 0.717) is 0 Å². The van der Waals surface area contributed by atoms with E-state index in [2.05, 4.69) is 4.99 Å². The van der Waals surface area contributed by atoms with Gasteiger partial charge in [0, 0.05) is 0 Å². The SMILES string of the molecule is N#CN1C(=O)C2=NC(=O)NC2(Cl)N(C#N)C1=O. The number of rotatable bonds is 0. The Morgan fingerprint density at radius 3 is 2.47 bits per heavy atom. The molecule has 9 nitrogen and oxygen atoms in total. The minimum atomic E-state index is -2.15. The highest BCUT2D eigenvalue weighted by Gasteiger charge is 2.59. The van der Waals surface area contributed by atoms with Crippen LogP contribution >= 0.6 is 11.6 Å². The number of nitriles is 2. The van der Waals surface area contributed by atoms with Gasteiger partial charge < -0.3 is 0 Å². The summed E-state index contributed by atoms with van der Waals surface area (Å²) < 4.78 is 0. The highest BCUT2D eigenvalue weighted by atomic mass is 35.5. The smallest absolute Gasteiger partial charge is 0.294 e. The number of aliphatic imine (C=N–C) groups is 1. The summed E-state index contributed by atoms with van der Waals surface area (Å²) in [4.78, 5) is 37.8. The molecule has 1 saturated heterocycles. The fraction of sp³-hybridized carbons (Fsp3) is 0.143. The van der Waals surface area contributed by atoms with E-state index in [1.807, 2.05) is 5.32 Å².